The molecule has 2 unspecified atom stereocenters. The Labute approximate surface area is 132 Å². The molecule has 108 valence electrons. The molecule has 4 heteroatoms. The first-order valence-corrected chi connectivity index (χ1v) is 5.53. The molecule has 0 bridgehead atoms. The van der Waals surface area contributed by atoms with Crippen LogP contribution in [-0.2, 0) is 11.1 Å². The molecule has 1 aromatic rings. The van der Waals surface area contributed by atoms with Crippen LogP contribution in [0.2, 0.25) is 0 Å². The Morgan fingerprint density at radius 1 is 1.53 bits per heavy atom. The highest BCUT2D eigenvalue weighted by atomic mass is 16.5. The van der Waals surface area contributed by atoms with Crippen LogP contribution in [-0.4, -0.2) is 44.0 Å². The maximum Gasteiger partial charge on any atom is 0.119 e. The van der Waals surface area contributed by atoms with E-state index in [2.05, 4.69) is 10.1 Å². The summed E-state index contributed by atoms with van der Waals surface area (Å²) in [6, 6.07) is -5.39. The topological polar surface area (TPSA) is 50.7 Å². The van der Waals surface area contributed by atoms with Gasteiger partial charge in [-0.15, -0.1) is 0 Å². The maximum atomic E-state index is 9.99. The highest BCUT2D eigenvalue weighted by Crippen LogP contribution is 2.12. The molecule has 1 rings (SSSR count). The van der Waals surface area contributed by atoms with E-state index in [9.17, 15) is 5.11 Å². The Hall–Kier alpha value is -1.10. The van der Waals surface area contributed by atoms with Gasteiger partial charge in [0, 0.05) is 27.9 Å². The normalized spacial score (nSPS) is 27.1. The predicted octanol–water partition coefficient (Wildman–Crippen LogP) is 1.61. The molecular weight excluding hydrogens is 242 g/mol. The predicted molar refractivity (Wildman–Crippen MR) is 76.7 cm³/mol. The van der Waals surface area contributed by atoms with Crippen LogP contribution in [0.15, 0.2) is 24.2 Å². The van der Waals surface area contributed by atoms with Gasteiger partial charge in [0.1, 0.15) is 18.5 Å². The number of hydrogen-bond donors (Lipinski definition) is 2. The lowest BCUT2D eigenvalue weighted by molar-refractivity contribution is 0.104. The zero-order valence-corrected chi connectivity index (χ0v) is 10.8. The minimum atomic E-state index is -3.03. The van der Waals surface area contributed by atoms with Crippen molar-refractivity contribution in [3.05, 3.63) is 29.7 Å². The van der Waals surface area contributed by atoms with Gasteiger partial charge in [-0.1, -0.05) is 25.9 Å². The van der Waals surface area contributed by atoms with Crippen LogP contribution in [0.4, 0.5) is 0 Å². The minimum absolute atomic E-state index is 0.380. The molecule has 2 N–H and O–H groups in total. The molecule has 0 fully saturated rings. The van der Waals surface area contributed by atoms with Gasteiger partial charge in [-0.3, -0.25) is 0 Å². The van der Waals surface area contributed by atoms with Crippen molar-refractivity contribution in [3.63, 3.8) is 0 Å². The van der Waals surface area contributed by atoms with Gasteiger partial charge in [0.2, 0.25) is 0 Å². The SMILES string of the molecule is [2H]c1c([2H])c(C([2H])([2H])C([2H])([2H])OC)c([2H])c([2H])c1OCC(O)CNC([2H])(C)C([2H])([2H])[2H]. The molecule has 0 saturated heterocycles. The second-order valence-electron chi connectivity index (χ2n) is 3.61. The minimum Gasteiger partial charge on any atom is -0.491 e. The number of nitrogens with one attached hydrogen (secondary N) is 1. The summed E-state index contributed by atoms with van der Waals surface area (Å²) in [7, 11) is 0.898. The fourth-order valence-electron chi connectivity index (χ4n) is 1.05. The molecule has 0 amide bonds. The van der Waals surface area contributed by atoms with Crippen molar-refractivity contribution < 1.29 is 31.0 Å². The van der Waals surface area contributed by atoms with Gasteiger partial charge in [0.15, 0.2) is 0 Å². The summed E-state index contributed by atoms with van der Waals surface area (Å²) < 4.78 is 102. The molecule has 4 nitrogen and oxygen atoms in total. The molecule has 0 radical (unpaired) electrons. The van der Waals surface area contributed by atoms with Crippen molar-refractivity contribution in [2.45, 2.75) is 32.3 Å². The highest BCUT2D eigenvalue weighted by Gasteiger charge is 2.05. The molecule has 19 heavy (non-hydrogen) atoms. The average Bonchev–Trinajstić information content (AvgIpc) is 2.63. The number of ether oxygens (including phenoxy) is 2. The molecule has 0 aliphatic heterocycles. The van der Waals surface area contributed by atoms with E-state index >= 15 is 0 Å². The van der Waals surface area contributed by atoms with Crippen molar-refractivity contribution in [2.24, 2.45) is 0 Å². The molecular formula is C15H25NO3. The van der Waals surface area contributed by atoms with E-state index in [4.69, 9.17) is 21.2 Å². The smallest absolute Gasteiger partial charge is 0.119 e. The lowest BCUT2D eigenvalue weighted by Gasteiger charge is -2.15. The van der Waals surface area contributed by atoms with Crippen LogP contribution in [0.3, 0.4) is 0 Å². The fraction of sp³-hybridized carbons (Fsp3) is 0.600. The van der Waals surface area contributed by atoms with Gasteiger partial charge < -0.3 is 19.9 Å². The van der Waals surface area contributed by atoms with Gasteiger partial charge >= 0.3 is 0 Å². The van der Waals surface area contributed by atoms with E-state index in [0.29, 0.717) is 0 Å². The third kappa shape index (κ3) is 7.15. The van der Waals surface area contributed by atoms with E-state index in [1.54, 1.807) is 0 Å². The van der Waals surface area contributed by atoms with Crippen LogP contribution in [0.1, 0.15) is 35.8 Å². The standard InChI is InChI=1S/C15H25NO3/c1-12(2)16-10-14(17)11-19-15-6-4-13(5-7-15)8-9-18-3/h4-7,12,14,16-17H,8-11H2,1-3H3/i1D3,4D,5D,6D,7D,8D2,9D2,12D. The Morgan fingerprint density at radius 3 is 2.89 bits per heavy atom. The van der Waals surface area contributed by atoms with Gasteiger partial charge in [-0.25, -0.2) is 0 Å². The summed E-state index contributed by atoms with van der Waals surface area (Å²) in [5.74, 6) is -0.601. The van der Waals surface area contributed by atoms with Crippen molar-refractivity contribution in [1.82, 2.24) is 5.32 Å². The van der Waals surface area contributed by atoms with Gasteiger partial charge in [-0.2, -0.15) is 0 Å². The van der Waals surface area contributed by atoms with Crippen LogP contribution >= 0.6 is 0 Å². The number of rotatable bonds is 9. The summed E-state index contributed by atoms with van der Waals surface area (Å²) in [6.07, 6.45) is -4.40. The van der Waals surface area contributed by atoms with Crippen LogP contribution in [0, 0.1) is 0 Å². The van der Waals surface area contributed by atoms with Crippen LogP contribution < -0.4 is 10.1 Å². The second-order valence-corrected chi connectivity index (χ2v) is 3.61. The summed E-state index contributed by atoms with van der Waals surface area (Å²) in [5, 5.41) is 12.3. The number of methoxy groups -OCH3 is 1. The quantitative estimate of drug-likeness (QED) is 0.721. The van der Waals surface area contributed by atoms with Crippen molar-refractivity contribution in [2.75, 3.05) is 26.8 Å². The lowest BCUT2D eigenvalue weighted by Crippen LogP contribution is -2.35. The molecule has 0 aliphatic carbocycles. The molecule has 0 aromatic heterocycles. The van der Waals surface area contributed by atoms with Gasteiger partial charge in [0.05, 0.1) is 14.8 Å². The van der Waals surface area contributed by atoms with E-state index in [1.807, 2.05) is 0 Å². The summed E-state index contributed by atoms with van der Waals surface area (Å²) in [4.78, 5) is 0. The maximum absolute atomic E-state index is 9.99. The second kappa shape index (κ2) is 8.91. The van der Waals surface area contributed by atoms with E-state index in [0.717, 1.165) is 14.0 Å². The third-order valence-electron chi connectivity index (χ3n) is 1.90. The molecule has 0 aliphatic rings. The summed E-state index contributed by atoms with van der Waals surface area (Å²) in [5.41, 5.74) is -0.855. The Kier molecular flexibility index (Phi) is 2.68. The molecule has 0 heterocycles. The van der Waals surface area contributed by atoms with Crippen LogP contribution in [0.5, 0.6) is 5.75 Å². The first kappa shape index (κ1) is 5.72. The third-order valence-corrected chi connectivity index (χ3v) is 1.90. The Morgan fingerprint density at radius 2 is 2.26 bits per heavy atom. The fourth-order valence-corrected chi connectivity index (χ4v) is 1.05. The molecule has 1 aromatic carbocycles. The summed E-state index contributed by atoms with van der Waals surface area (Å²) >= 11 is 0. The van der Waals surface area contributed by atoms with E-state index in [1.165, 1.54) is 0 Å². The monoisotopic (exact) mass is 279 g/mol. The number of benzene rings is 1. The first-order valence-electron chi connectivity index (χ1n) is 11.5. The van der Waals surface area contributed by atoms with Gasteiger partial charge in [0.25, 0.3) is 0 Å². The zero-order chi connectivity index (χ0) is 24.6. The molecule has 0 spiro atoms. The van der Waals surface area contributed by atoms with E-state index < -0.39 is 74.0 Å². The number of aliphatic hydroxyl groups excluding tert-OH is 1. The van der Waals surface area contributed by atoms with Crippen molar-refractivity contribution in [1.29, 1.82) is 0 Å². The largest absolute Gasteiger partial charge is 0.491 e. The average molecular weight is 279 g/mol. The van der Waals surface area contributed by atoms with Gasteiger partial charge in [-0.05, 0) is 24.0 Å². The van der Waals surface area contributed by atoms with Crippen LogP contribution in [0.25, 0.3) is 0 Å². The number of aliphatic hydroxyl groups is 1. The van der Waals surface area contributed by atoms with E-state index in [-0.39, 0.29) is 6.54 Å². The Bertz CT molecular complexity index is 767. The zero-order valence-electron chi connectivity index (χ0n) is 22.8. The van der Waals surface area contributed by atoms with Crippen molar-refractivity contribution >= 4 is 0 Å². The first-order chi connectivity index (χ1) is 13.8. The molecule has 2 atom stereocenters. The van der Waals surface area contributed by atoms with Crippen molar-refractivity contribution in [3.8, 4) is 5.75 Å². The molecule has 0 saturated carbocycles. The summed E-state index contributed by atoms with van der Waals surface area (Å²) in [6.45, 7) is -5.48. The lowest BCUT2D eigenvalue weighted by atomic mass is 10.1. The number of hydrogen-bond acceptors (Lipinski definition) is 4. The Balaban J connectivity index is 3.12. The highest BCUT2D eigenvalue weighted by molar-refractivity contribution is 5.27.